The lowest BCUT2D eigenvalue weighted by atomic mass is 9.98. The molecule has 3 nitrogen and oxygen atoms in total. The minimum Gasteiger partial charge on any atom is -0.309 e. The van der Waals surface area contributed by atoms with Gasteiger partial charge in [-0.1, -0.05) is 28.1 Å². The first kappa shape index (κ1) is 13.9. The fraction of sp³-hybridized carbons (Fsp3) is 0.333. The van der Waals surface area contributed by atoms with Crippen molar-refractivity contribution in [3.05, 3.63) is 56.0 Å². The summed E-state index contributed by atoms with van der Waals surface area (Å²) in [5.74, 6) is 0.843. The van der Waals surface area contributed by atoms with E-state index in [-0.39, 0.29) is 5.69 Å². The van der Waals surface area contributed by atoms with Crippen LogP contribution in [0.15, 0.2) is 38.6 Å². The predicted octanol–water partition coefficient (Wildman–Crippen LogP) is 3.70. The molecule has 104 valence electrons. The standard InChI is InChI=1S/C15H15BrN2OS/c16-11-7-5-10(6-8-11)9-20-14-12-3-1-2-4-13(12)17-15(19)18-14/h5-8H,1-4,9H2,(H,17,18,19). The molecule has 1 aromatic heterocycles. The molecule has 0 saturated carbocycles. The number of H-pyrrole nitrogens is 1. The number of halogens is 1. The monoisotopic (exact) mass is 350 g/mol. The van der Waals surface area contributed by atoms with Crippen LogP contribution in [0.5, 0.6) is 0 Å². The molecule has 3 rings (SSSR count). The number of aryl methyl sites for hydroxylation is 1. The number of hydrogen-bond donors (Lipinski definition) is 1. The van der Waals surface area contributed by atoms with E-state index in [0.29, 0.717) is 0 Å². The van der Waals surface area contributed by atoms with E-state index >= 15 is 0 Å². The molecular formula is C15H15BrN2OS. The minimum atomic E-state index is -0.219. The molecule has 0 radical (unpaired) electrons. The quantitative estimate of drug-likeness (QED) is 0.677. The Balaban J connectivity index is 1.82. The van der Waals surface area contributed by atoms with Crippen molar-refractivity contribution in [3.63, 3.8) is 0 Å². The van der Waals surface area contributed by atoms with Crippen LogP contribution in [0.2, 0.25) is 0 Å². The Hall–Kier alpha value is -1.07. The number of nitrogens with one attached hydrogen (secondary N) is 1. The number of benzene rings is 1. The lowest BCUT2D eigenvalue weighted by Gasteiger charge is -2.17. The maximum absolute atomic E-state index is 11.6. The molecule has 1 aliphatic carbocycles. The van der Waals surface area contributed by atoms with Gasteiger partial charge in [0, 0.05) is 21.5 Å². The smallest absolute Gasteiger partial charge is 0.309 e. The van der Waals surface area contributed by atoms with Crippen LogP contribution in [-0.2, 0) is 18.6 Å². The van der Waals surface area contributed by atoms with Crippen molar-refractivity contribution in [2.75, 3.05) is 0 Å². The molecule has 1 N–H and O–H groups in total. The Labute approximate surface area is 130 Å². The van der Waals surface area contributed by atoms with Gasteiger partial charge in [-0.25, -0.2) is 4.79 Å². The van der Waals surface area contributed by atoms with Gasteiger partial charge in [-0.05, 0) is 43.4 Å². The first-order chi connectivity index (χ1) is 9.72. The molecule has 1 aliphatic rings. The summed E-state index contributed by atoms with van der Waals surface area (Å²) < 4.78 is 1.08. The number of thioether (sulfide) groups is 1. The second-order valence-electron chi connectivity index (χ2n) is 4.93. The average Bonchev–Trinajstić information content (AvgIpc) is 2.46. The summed E-state index contributed by atoms with van der Waals surface area (Å²) in [7, 11) is 0. The van der Waals surface area contributed by atoms with Gasteiger partial charge in [-0.15, -0.1) is 11.8 Å². The molecule has 0 atom stereocenters. The average molecular weight is 351 g/mol. The topological polar surface area (TPSA) is 45.8 Å². The molecule has 0 saturated heterocycles. The summed E-state index contributed by atoms with van der Waals surface area (Å²) in [5.41, 5.74) is 3.36. The van der Waals surface area contributed by atoms with Crippen molar-refractivity contribution >= 4 is 27.7 Å². The highest BCUT2D eigenvalue weighted by Crippen LogP contribution is 2.29. The number of aromatic nitrogens is 2. The van der Waals surface area contributed by atoms with Gasteiger partial charge in [0.05, 0.1) is 0 Å². The van der Waals surface area contributed by atoms with Crippen LogP contribution in [0, 0.1) is 0 Å². The third kappa shape index (κ3) is 3.15. The van der Waals surface area contributed by atoms with Crippen molar-refractivity contribution in [3.8, 4) is 0 Å². The van der Waals surface area contributed by atoms with Crippen LogP contribution in [-0.4, -0.2) is 9.97 Å². The highest BCUT2D eigenvalue weighted by atomic mass is 79.9. The highest BCUT2D eigenvalue weighted by molar-refractivity contribution is 9.10. The second kappa shape index (κ2) is 6.14. The summed E-state index contributed by atoms with van der Waals surface area (Å²) >= 11 is 5.10. The van der Waals surface area contributed by atoms with E-state index in [1.54, 1.807) is 11.8 Å². The third-order valence-electron chi connectivity index (χ3n) is 3.48. The second-order valence-corrected chi connectivity index (χ2v) is 6.81. The number of rotatable bonds is 3. The third-order valence-corrected chi connectivity index (χ3v) is 5.09. The van der Waals surface area contributed by atoms with Gasteiger partial charge >= 0.3 is 5.69 Å². The van der Waals surface area contributed by atoms with Crippen molar-refractivity contribution in [1.82, 2.24) is 9.97 Å². The van der Waals surface area contributed by atoms with Gasteiger partial charge in [0.15, 0.2) is 0 Å². The molecule has 5 heteroatoms. The fourth-order valence-corrected chi connectivity index (χ4v) is 3.75. The van der Waals surface area contributed by atoms with E-state index in [4.69, 9.17) is 0 Å². The zero-order chi connectivity index (χ0) is 13.9. The zero-order valence-electron chi connectivity index (χ0n) is 11.0. The lowest BCUT2D eigenvalue weighted by Crippen LogP contribution is -2.19. The Morgan fingerprint density at radius 3 is 2.75 bits per heavy atom. The largest absolute Gasteiger partial charge is 0.346 e. The molecule has 0 fully saturated rings. The number of fused-ring (bicyclic) bond motifs is 1. The number of hydrogen-bond acceptors (Lipinski definition) is 3. The molecule has 0 amide bonds. The van der Waals surface area contributed by atoms with Gasteiger partial charge in [0.2, 0.25) is 0 Å². The molecule has 0 aliphatic heterocycles. The van der Waals surface area contributed by atoms with Crippen LogP contribution in [0.1, 0.15) is 29.7 Å². The Morgan fingerprint density at radius 1 is 1.20 bits per heavy atom. The molecule has 1 heterocycles. The molecule has 2 aromatic rings. The van der Waals surface area contributed by atoms with Gasteiger partial charge in [-0.3, -0.25) is 0 Å². The van der Waals surface area contributed by atoms with Crippen molar-refractivity contribution in [2.24, 2.45) is 0 Å². The number of aromatic amines is 1. The molecule has 0 spiro atoms. The minimum absolute atomic E-state index is 0.219. The summed E-state index contributed by atoms with van der Waals surface area (Å²) in [6.07, 6.45) is 4.34. The molecule has 0 unspecified atom stereocenters. The zero-order valence-corrected chi connectivity index (χ0v) is 13.4. The van der Waals surface area contributed by atoms with Gasteiger partial charge in [0.25, 0.3) is 0 Å². The highest BCUT2D eigenvalue weighted by Gasteiger charge is 2.16. The maximum Gasteiger partial charge on any atom is 0.346 e. The first-order valence-electron chi connectivity index (χ1n) is 6.72. The van der Waals surface area contributed by atoms with Crippen LogP contribution >= 0.6 is 27.7 Å². The molecule has 20 heavy (non-hydrogen) atoms. The van der Waals surface area contributed by atoms with Crippen molar-refractivity contribution in [2.45, 2.75) is 36.5 Å². The van der Waals surface area contributed by atoms with E-state index < -0.39 is 0 Å². The fourth-order valence-electron chi connectivity index (χ4n) is 2.45. The van der Waals surface area contributed by atoms with Crippen molar-refractivity contribution in [1.29, 1.82) is 0 Å². The number of nitrogens with zero attached hydrogens (tertiary/aromatic N) is 1. The summed E-state index contributed by atoms with van der Waals surface area (Å²) in [5, 5.41) is 0.909. The van der Waals surface area contributed by atoms with Gasteiger partial charge in [0.1, 0.15) is 5.03 Å². The molecule has 1 aromatic carbocycles. The van der Waals surface area contributed by atoms with Crippen LogP contribution in [0.4, 0.5) is 0 Å². The molecular weight excluding hydrogens is 336 g/mol. The van der Waals surface area contributed by atoms with E-state index in [9.17, 15) is 4.79 Å². The van der Waals surface area contributed by atoms with E-state index in [0.717, 1.165) is 40.2 Å². The first-order valence-corrected chi connectivity index (χ1v) is 8.49. The Bertz CT molecular complexity index is 667. The van der Waals surface area contributed by atoms with E-state index in [1.165, 1.54) is 17.5 Å². The lowest BCUT2D eigenvalue weighted by molar-refractivity contribution is 0.639. The summed E-state index contributed by atoms with van der Waals surface area (Å²) in [6.45, 7) is 0. The van der Waals surface area contributed by atoms with Gasteiger partial charge in [-0.2, -0.15) is 4.98 Å². The Kier molecular flexibility index (Phi) is 4.27. The maximum atomic E-state index is 11.6. The van der Waals surface area contributed by atoms with Crippen LogP contribution < -0.4 is 5.69 Å². The van der Waals surface area contributed by atoms with Crippen LogP contribution in [0.3, 0.4) is 0 Å². The summed E-state index contributed by atoms with van der Waals surface area (Å²) in [4.78, 5) is 18.7. The van der Waals surface area contributed by atoms with Crippen LogP contribution in [0.25, 0.3) is 0 Å². The van der Waals surface area contributed by atoms with E-state index in [2.05, 4.69) is 38.0 Å². The van der Waals surface area contributed by atoms with E-state index in [1.807, 2.05) is 12.1 Å². The normalized spacial score (nSPS) is 14.1. The summed E-state index contributed by atoms with van der Waals surface area (Å²) in [6, 6.07) is 8.26. The Morgan fingerprint density at radius 2 is 1.95 bits per heavy atom. The van der Waals surface area contributed by atoms with Gasteiger partial charge < -0.3 is 4.98 Å². The van der Waals surface area contributed by atoms with Crippen molar-refractivity contribution < 1.29 is 0 Å². The predicted molar refractivity (Wildman–Crippen MR) is 85.2 cm³/mol. The molecule has 0 bridgehead atoms. The SMILES string of the molecule is O=c1nc(SCc2ccc(Br)cc2)c2c([nH]1)CCCC2.